The molecule has 0 spiro atoms. The molecule has 3 unspecified atom stereocenters. The van der Waals surface area contributed by atoms with Gasteiger partial charge in [0.2, 0.25) is 5.91 Å². The highest BCUT2D eigenvalue weighted by atomic mass is 16.5. The highest BCUT2D eigenvalue weighted by molar-refractivity contribution is 6.00. The largest absolute Gasteiger partial charge is 0.462 e. The zero-order valence-electron chi connectivity index (χ0n) is 17.9. The van der Waals surface area contributed by atoms with E-state index in [2.05, 4.69) is 34.1 Å². The molecule has 9 heteroatoms. The average Bonchev–Trinajstić information content (AvgIpc) is 3.21. The zero-order chi connectivity index (χ0) is 21.0. The van der Waals surface area contributed by atoms with Gasteiger partial charge in [0, 0.05) is 32.7 Å². The minimum atomic E-state index is -0.481. The first-order valence-electron chi connectivity index (χ1n) is 10.5. The Labute approximate surface area is 172 Å². The van der Waals surface area contributed by atoms with Crippen molar-refractivity contribution in [3.8, 4) is 0 Å². The maximum Gasteiger partial charge on any atom is 0.343 e. The van der Waals surface area contributed by atoms with Crippen LogP contribution in [0.1, 0.15) is 44.0 Å². The molecule has 3 atom stereocenters. The first-order valence-corrected chi connectivity index (χ1v) is 10.5. The molecule has 0 bridgehead atoms. The van der Waals surface area contributed by atoms with Gasteiger partial charge >= 0.3 is 5.97 Å². The third-order valence-corrected chi connectivity index (χ3v) is 5.50. The van der Waals surface area contributed by atoms with Gasteiger partial charge in [-0.15, -0.1) is 0 Å². The first kappa shape index (κ1) is 21.7. The van der Waals surface area contributed by atoms with E-state index in [1.54, 1.807) is 14.0 Å². The predicted molar refractivity (Wildman–Crippen MR) is 109 cm³/mol. The summed E-state index contributed by atoms with van der Waals surface area (Å²) in [7, 11) is 1.69. The van der Waals surface area contributed by atoms with Gasteiger partial charge in [-0.1, -0.05) is 0 Å². The molecule has 1 aromatic heterocycles. The molecule has 1 N–H and O–H groups in total. The molecule has 1 aromatic rings. The van der Waals surface area contributed by atoms with Gasteiger partial charge in [0.05, 0.1) is 31.6 Å². The number of amides is 1. The van der Waals surface area contributed by atoms with E-state index in [0.717, 1.165) is 39.0 Å². The second-order valence-electron chi connectivity index (χ2n) is 8.04. The van der Waals surface area contributed by atoms with Crippen LogP contribution in [0.15, 0.2) is 6.20 Å². The molecule has 0 aliphatic carbocycles. The summed E-state index contributed by atoms with van der Waals surface area (Å²) in [5.74, 6) is -0.250. The molecule has 162 valence electrons. The van der Waals surface area contributed by atoms with Crippen molar-refractivity contribution in [2.45, 2.75) is 51.9 Å². The number of rotatable bonds is 7. The molecule has 0 aromatic carbocycles. The van der Waals surface area contributed by atoms with Gasteiger partial charge < -0.3 is 14.8 Å². The Kier molecular flexibility index (Phi) is 7.26. The second kappa shape index (κ2) is 9.69. The standard InChI is InChI=1S/C20H33N5O4/c1-5-28-20(27)17-9-21-23(4)19(17)22-18(26)13-25-8-6-7-16(25)12-24-10-14(2)29-15(3)11-24/h9,14-16H,5-8,10-13H2,1-4H3,(H,22,26). The highest BCUT2D eigenvalue weighted by Crippen LogP contribution is 2.21. The fourth-order valence-electron chi connectivity index (χ4n) is 4.34. The number of aromatic nitrogens is 2. The molecule has 0 saturated carbocycles. The van der Waals surface area contributed by atoms with Gasteiger partial charge in [0.25, 0.3) is 0 Å². The number of hydrogen-bond donors (Lipinski definition) is 1. The Morgan fingerprint density at radius 3 is 2.72 bits per heavy atom. The SMILES string of the molecule is CCOC(=O)c1cnn(C)c1NC(=O)CN1CCCC1CN1CC(C)OC(C)C1. The summed E-state index contributed by atoms with van der Waals surface area (Å²) in [4.78, 5) is 29.5. The van der Waals surface area contributed by atoms with Gasteiger partial charge in [-0.2, -0.15) is 5.10 Å². The molecule has 3 heterocycles. The number of nitrogens with zero attached hydrogens (tertiary/aromatic N) is 4. The number of carbonyl (C=O) groups excluding carboxylic acids is 2. The van der Waals surface area contributed by atoms with Crippen molar-refractivity contribution < 1.29 is 19.1 Å². The third kappa shape index (κ3) is 5.55. The van der Waals surface area contributed by atoms with E-state index in [1.807, 2.05) is 0 Å². The van der Waals surface area contributed by atoms with Crippen molar-refractivity contribution in [3.63, 3.8) is 0 Å². The first-order chi connectivity index (χ1) is 13.9. The fourth-order valence-corrected chi connectivity index (χ4v) is 4.34. The van der Waals surface area contributed by atoms with E-state index < -0.39 is 5.97 Å². The van der Waals surface area contributed by atoms with Crippen LogP contribution in [0.2, 0.25) is 0 Å². The lowest BCUT2D eigenvalue weighted by molar-refractivity contribution is -0.118. The predicted octanol–water partition coefficient (Wildman–Crippen LogP) is 1.11. The molecule has 2 saturated heterocycles. The molecule has 9 nitrogen and oxygen atoms in total. The number of likely N-dealkylation sites (tertiary alicyclic amines) is 1. The lowest BCUT2D eigenvalue weighted by atomic mass is 10.1. The van der Waals surface area contributed by atoms with Crippen molar-refractivity contribution in [2.75, 3.05) is 44.6 Å². The summed E-state index contributed by atoms with van der Waals surface area (Å²) >= 11 is 0. The number of aryl methyl sites for hydroxylation is 1. The van der Waals surface area contributed by atoms with Crippen molar-refractivity contribution in [2.24, 2.45) is 7.05 Å². The fraction of sp³-hybridized carbons (Fsp3) is 0.750. The van der Waals surface area contributed by atoms with Gasteiger partial charge in [-0.05, 0) is 40.2 Å². The number of morpholine rings is 1. The number of esters is 1. The van der Waals surface area contributed by atoms with E-state index in [9.17, 15) is 9.59 Å². The topological polar surface area (TPSA) is 88.9 Å². The Morgan fingerprint density at radius 1 is 1.31 bits per heavy atom. The lowest BCUT2D eigenvalue weighted by Gasteiger charge is -2.38. The number of nitrogens with one attached hydrogen (secondary N) is 1. The molecule has 2 aliphatic heterocycles. The molecule has 1 amide bonds. The summed E-state index contributed by atoms with van der Waals surface area (Å²) < 4.78 is 12.4. The van der Waals surface area contributed by atoms with E-state index in [1.165, 1.54) is 10.9 Å². The normalized spacial score (nSPS) is 25.9. The Morgan fingerprint density at radius 2 is 2.03 bits per heavy atom. The van der Waals surface area contributed by atoms with Crippen LogP contribution in [-0.4, -0.2) is 89.0 Å². The highest BCUT2D eigenvalue weighted by Gasteiger charge is 2.31. The van der Waals surface area contributed by atoms with E-state index >= 15 is 0 Å². The van der Waals surface area contributed by atoms with Crippen molar-refractivity contribution in [1.29, 1.82) is 0 Å². The van der Waals surface area contributed by atoms with Gasteiger partial charge in [-0.25, -0.2) is 4.79 Å². The minimum Gasteiger partial charge on any atom is -0.462 e. The van der Waals surface area contributed by atoms with Gasteiger partial charge in [0.15, 0.2) is 0 Å². The van der Waals surface area contributed by atoms with Crippen LogP contribution in [0.25, 0.3) is 0 Å². The smallest absolute Gasteiger partial charge is 0.343 e. The van der Waals surface area contributed by atoms with Gasteiger partial charge in [-0.3, -0.25) is 19.3 Å². The Hall–Kier alpha value is -1.97. The number of ether oxygens (including phenoxy) is 2. The summed E-state index contributed by atoms with van der Waals surface area (Å²) in [6.45, 7) is 10.3. The molecular formula is C20H33N5O4. The molecule has 3 rings (SSSR count). The molecule has 29 heavy (non-hydrogen) atoms. The Bertz CT molecular complexity index is 712. The number of hydrogen-bond acceptors (Lipinski definition) is 7. The van der Waals surface area contributed by atoms with E-state index in [0.29, 0.717) is 18.4 Å². The van der Waals surface area contributed by atoms with Crippen LogP contribution in [0.5, 0.6) is 0 Å². The second-order valence-corrected chi connectivity index (χ2v) is 8.04. The van der Waals surface area contributed by atoms with Crippen molar-refractivity contribution in [3.05, 3.63) is 11.8 Å². The summed E-state index contributed by atoms with van der Waals surface area (Å²) in [5.41, 5.74) is 0.275. The van der Waals surface area contributed by atoms with Gasteiger partial charge in [0.1, 0.15) is 11.4 Å². The lowest BCUT2D eigenvalue weighted by Crippen LogP contribution is -2.50. The van der Waals surface area contributed by atoms with E-state index in [4.69, 9.17) is 9.47 Å². The van der Waals surface area contributed by atoms with Crippen LogP contribution in [0.4, 0.5) is 5.82 Å². The van der Waals surface area contributed by atoms with E-state index in [-0.39, 0.29) is 30.3 Å². The van der Waals surface area contributed by atoms with Crippen molar-refractivity contribution >= 4 is 17.7 Å². The summed E-state index contributed by atoms with van der Waals surface area (Å²) in [5, 5.41) is 6.93. The van der Waals surface area contributed by atoms with Crippen LogP contribution >= 0.6 is 0 Å². The van der Waals surface area contributed by atoms with Crippen LogP contribution in [-0.2, 0) is 21.3 Å². The van der Waals surface area contributed by atoms with Crippen LogP contribution < -0.4 is 5.32 Å². The zero-order valence-corrected chi connectivity index (χ0v) is 17.9. The van der Waals surface area contributed by atoms with Crippen molar-refractivity contribution in [1.82, 2.24) is 19.6 Å². The molecule has 0 radical (unpaired) electrons. The van der Waals surface area contributed by atoms with Crippen LogP contribution in [0, 0.1) is 0 Å². The molecule has 2 aliphatic rings. The maximum absolute atomic E-state index is 12.7. The third-order valence-electron chi connectivity index (χ3n) is 5.50. The minimum absolute atomic E-state index is 0.144. The maximum atomic E-state index is 12.7. The molecular weight excluding hydrogens is 374 g/mol. The Balaban J connectivity index is 1.57. The number of anilines is 1. The summed E-state index contributed by atoms with van der Waals surface area (Å²) in [6, 6.07) is 0.356. The number of carbonyl (C=O) groups is 2. The monoisotopic (exact) mass is 407 g/mol. The van der Waals surface area contributed by atoms with Crippen LogP contribution in [0.3, 0.4) is 0 Å². The average molecular weight is 408 g/mol. The molecule has 2 fully saturated rings. The summed E-state index contributed by atoms with van der Waals surface area (Å²) in [6.07, 6.45) is 4.08. The quantitative estimate of drug-likeness (QED) is 0.677.